The largest absolute Gasteiger partial charge is 0.368 e. The van der Waals surface area contributed by atoms with Crippen molar-refractivity contribution >= 4 is 17.7 Å². The molecule has 0 radical (unpaired) electrons. The Balaban J connectivity index is 1.48. The predicted octanol–water partition coefficient (Wildman–Crippen LogP) is 0.954. The summed E-state index contributed by atoms with van der Waals surface area (Å²) in [6.45, 7) is 0.288. The summed E-state index contributed by atoms with van der Waals surface area (Å²) in [5.41, 5.74) is 6.39. The van der Waals surface area contributed by atoms with Crippen molar-refractivity contribution in [3.05, 3.63) is 35.4 Å². The first kappa shape index (κ1) is 16.5. The molecule has 2 aliphatic rings. The minimum absolute atomic E-state index is 0.158. The molecule has 2 saturated carbocycles. The molecule has 0 unspecified atom stereocenters. The molecule has 3 rings (SSSR count). The van der Waals surface area contributed by atoms with Gasteiger partial charge in [-0.3, -0.25) is 14.4 Å². The second-order valence-electron chi connectivity index (χ2n) is 6.85. The Morgan fingerprint density at radius 2 is 1.79 bits per heavy atom. The summed E-state index contributed by atoms with van der Waals surface area (Å²) in [5, 5.41) is 5.45. The second kappa shape index (κ2) is 7.03. The Bertz CT molecular complexity index is 641. The van der Waals surface area contributed by atoms with Crippen LogP contribution in [0.4, 0.5) is 0 Å². The highest BCUT2D eigenvalue weighted by Crippen LogP contribution is 2.48. The fourth-order valence-electron chi connectivity index (χ4n) is 3.93. The number of benzene rings is 1. The Hall–Kier alpha value is -2.37. The summed E-state index contributed by atoms with van der Waals surface area (Å²) in [7, 11) is 0. The van der Waals surface area contributed by atoms with Crippen LogP contribution >= 0.6 is 0 Å². The van der Waals surface area contributed by atoms with Crippen LogP contribution in [0, 0.1) is 17.8 Å². The van der Waals surface area contributed by atoms with Gasteiger partial charge in [0.05, 0.1) is 6.54 Å². The van der Waals surface area contributed by atoms with Gasteiger partial charge >= 0.3 is 0 Å². The lowest BCUT2D eigenvalue weighted by atomic mass is 9.88. The molecule has 24 heavy (non-hydrogen) atoms. The maximum absolute atomic E-state index is 12.3. The number of primary amides is 1. The molecule has 2 bridgehead atoms. The number of carbonyl (C=O) groups excluding carboxylic acids is 3. The van der Waals surface area contributed by atoms with Crippen molar-refractivity contribution < 1.29 is 14.4 Å². The number of fused-ring (bicyclic) bond motifs is 2. The summed E-state index contributed by atoms with van der Waals surface area (Å²) in [5.74, 6) is 0.748. The Morgan fingerprint density at radius 1 is 1.04 bits per heavy atom. The van der Waals surface area contributed by atoms with Gasteiger partial charge in [0.2, 0.25) is 11.8 Å². The summed E-state index contributed by atoms with van der Waals surface area (Å²) < 4.78 is 0. The summed E-state index contributed by atoms with van der Waals surface area (Å²) in [4.78, 5) is 34.8. The third-order valence-corrected chi connectivity index (χ3v) is 5.18. The first-order chi connectivity index (χ1) is 11.5. The smallest absolute Gasteiger partial charge is 0.251 e. The fraction of sp³-hybridized carbons (Fsp3) is 0.500. The van der Waals surface area contributed by atoms with Crippen molar-refractivity contribution in [3.8, 4) is 0 Å². The first-order valence-corrected chi connectivity index (χ1v) is 8.46. The lowest BCUT2D eigenvalue weighted by Gasteiger charge is -2.20. The molecule has 1 aromatic carbocycles. The maximum Gasteiger partial charge on any atom is 0.251 e. The molecule has 6 heteroatoms. The van der Waals surface area contributed by atoms with E-state index < -0.39 is 5.91 Å². The zero-order valence-corrected chi connectivity index (χ0v) is 13.6. The molecule has 2 aliphatic carbocycles. The Labute approximate surface area is 141 Å². The van der Waals surface area contributed by atoms with E-state index in [0.29, 0.717) is 18.0 Å². The van der Waals surface area contributed by atoms with Crippen LogP contribution in [0.2, 0.25) is 0 Å². The van der Waals surface area contributed by atoms with Gasteiger partial charge in [0.1, 0.15) is 0 Å². The highest BCUT2D eigenvalue weighted by atomic mass is 16.2. The number of carbonyl (C=O) groups is 3. The van der Waals surface area contributed by atoms with Crippen LogP contribution in [0.5, 0.6) is 0 Å². The minimum Gasteiger partial charge on any atom is -0.368 e. The van der Waals surface area contributed by atoms with Gasteiger partial charge in [-0.2, -0.15) is 0 Å². The van der Waals surface area contributed by atoms with Gasteiger partial charge < -0.3 is 16.4 Å². The van der Waals surface area contributed by atoms with E-state index in [1.54, 1.807) is 24.3 Å². The van der Waals surface area contributed by atoms with Gasteiger partial charge in [0.15, 0.2) is 0 Å². The van der Waals surface area contributed by atoms with Crippen LogP contribution in [0.1, 0.15) is 41.6 Å². The zero-order chi connectivity index (χ0) is 17.1. The molecule has 0 saturated heterocycles. The van der Waals surface area contributed by atoms with E-state index in [0.717, 1.165) is 17.9 Å². The molecule has 0 aliphatic heterocycles. The standard InChI is InChI=1S/C18H23N3O3/c19-16(22)10-21-17(23)13-4-1-11(2-5-13)9-20-18(24)15-8-12-3-6-14(15)7-12/h1-2,4-5,12,14-15H,3,6-10H2,(H2,19,22)(H,20,24)(H,21,23)/t12-,14-,15+/m0/s1. The molecule has 6 nitrogen and oxygen atoms in total. The number of rotatable bonds is 6. The quantitative estimate of drug-likeness (QED) is 0.724. The van der Waals surface area contributed by atoms with E-state index in [4.69, 9.17) is 5.73 Å². The zero-order valence-electron chi connectivity index (χ0n) is 13.6. The second-order valence-corrected chi connectivity index (χ2v) is 6.85. The third kappa shape index (κ3) is 3.75. The van der Waals surface area contributed by atoms with Crippen molar-refractivity contribution in [3.63, 3.8) is 0 Å². The van der Waals surface area contributed by atoms with E-state index in [-0.39, 0.29) is 24.3 Å². The van der Waals surface area contributed by atoms with Gasteiger partial charge in [-0.25, -0.2) is 0 Å². The maximum atomic E-state index is 12.3. The molecule has 0 heterocycles. The van der Waals surface area contributed by atoms with Gasteiger partial charge in [0, 0.05) is 18.0 Å². The average molecular weight is 329 g/mol. The fourth-order valence-corrected chi connectivity index (χ4v) is 3.93. The van der Waals surface area contributed by atoms with Crippen molar-refractivity contribution in [1.82, 2.24) is 10.6 Å². The van der Waals surface area contributed by atoms with Gasteiger partial charge in [0.25, 0.3) is 5.91 Å². The van der Waals surface area contributed by atoms with Crippen molar-refractivity contribution in [2.24, 2.45) is 23.5 Å². The molecule has 4 N–H and O–H groups in total. The molecular weight excluding hydrogens is 306 g/mol. The number of nitrogens with two attached hydrogens (primary N) is 1. The normalized spacial score (nSPS) is 24.6. The average Bonchev–Trinajstić information content (AvgIpc) is 3.21. The molecule has 2 fully saturated rings. The van der Waals surface area contributed by atoms with E-state index in [2.05, 4.69) is 10.6 Å². The van der Waals surface area contributed by atoms with Crippen molar-refractivity contribution in [1.29, 1.82) is 0 Å². The molecule has 3 atom stereocenters. The van der Waals surface area contributed by atoms with E-state index in [1.165, 1.54) is 19.3 Å². The monoisotopic (exact) mass is 329 g/mol. The molecule has 0 spiro atoms. The third-order valence-electron chi connectivity index (χ3n) is 5.18. The van der Waals surface area contributed by atoms with Gasteiger partial charge in [-0.05, 0) is 48.8 Å². The summed E-state index contributed by atoms with van der Waals surface area (Å²) in [6.07, 6.45) is 4.73. The van der Waals surface area contributed by atoms with Crippen LogP contribution in [0.3, 0.4) is 0 Å². The Morgan fingerprint density at radius 3 is 2.38 bits per heavy atom. The highest BCUT2D eigenvalue weighted by Gasteiger charge is 2.42. The lowest BCUT2D eigenvalue weighted by Crippen LogP contribution is -2.33. The van der Waals surface area contributed by atoms with Crippen LogP contribution in [0.15, 0.2) is 24.3 Å². The topological polar surface area (TPSA) is 101 Å². The number of hydrogen-bond acceptors (Lipinski definition) is 3. The molecule has 0 aromatic heterocycles. The molecule has 3 amide bonds. The van der Waals surface area contributed by atoms with Crippen LogP contribution in [-0.4, -0.2) is 24.3 Å². The van der Waals surface area contributed by atoms with Crippen LogP contribution in [-0.2, 0) is 16.1 Å². The van der Waals surface area contributed by atoms with E-state index in [9.17, 15) is 14.4 Å². The van der Waals surface area contributed by atoms with Crippen LogP contribution in [0.25, 0.3) is 0 Å². The summed E-state index contributed by atoms with van der Waals surface area (Å²) in [6, 6.07) is 6.96. The molecule has 1 aromatic rings. The highest BCUT2D eigenvalue weighted by molar-refractivity contribution is 5.96. The van der Waals surface area contributed by atoms with Gasteiger partial charge in [-0.15, -0.1) is 0 Å². The first-order valence-electron chi connectivity index (χ1n) is 8.46. The van der Waals surface area contributed by atoms with Crippen LogP contribution < -0.4 is 16.4 Å². The van der Waals surface area contributed by atoms with E-state index >= 15 is 0 Å². The number of nitrogens with one attached hydrogen (secondary N) is 2. The molecular formula is C18H23N3O3. The number of amides is 3. The minimum atomic E-state index is -0.580. The van der Waals surface area contributed by atoms with E-state index in [1.807, 2.05) is 0 Å². The molecule has 128 valence electrons. The number of hydrogen-bond donors (Lipinski definition) is 3. The van der Waals surface area contributed by atoms with Crippen molar-refractivity contribution in [2.45, 2.75) is 32.2 Å². The lowest BCUT2D eigenvalue weighted by molar-refractivity contribution is -0.126. The summed E-state index contributed by atoms with van der Waals surface area (Å²) >= 11 is 0. The van der Waals surface area contributed by atoms with Crippen molar-refractivity contribution in [2.75, 3.05) is 6.54 Å². The Kier molecular flexibility index (Phi) is 4.83. The predicted molar refractivity (Wildman–Crippen MR) is 88.8 cm³/mol. The van der Waals surface area contributed by atoms with Gasteiger partial charge in [-0.1, -0.05) is 18.6 Å². The SMILES string of the molecule is NC(=O)CNC(=O)c1ccc(CNC(=O)[C@@H]2C[C@H]3CC[C@H]2C3)cc1.